The van der Waals surface area contributed by atoms with Gasteiger partial charge in [0.1, 0.15) is 5.75 Å². The summed E-state index contributed by atoms with van der Waals surface area (Å²) in [5.74, 6) is 3.25. The van der Waals surface area contributed by atoms with Gasteiger partial charge in [-0.15, -0.1) is 0 Å². The van der Waals surface area contributed by atoms with Crippen molar-refractivity contribution in [3.05, 3.63) is 24.3 Å². The molecular weight excluding hydrogens is 331 g/mol. The van der Waals surface area contributed by atoms with Crippen LogP contribution in [0.3, 0.4) is 0 Å². The van der Waals surface area contributed by atoms with Crippen LogP contribution in [0.25, 0.3) is 0 Å². The lowest BCUT2D eigenvalue weighted by Crippen LogP contribution is -2.30. The zero-order valence-corrected chi connectivity index (χ0v) is 14.5. The largest absolute Gasteiger partial charge is 0.497 e. The zero-order chi connectivity index (χ0) is 14.2. The van der Waals surface area contributed by atoms with Crippen molar-refractivity contribution in [2.45, 2.75) is 0 Å². The maximum Gasteiger partial charge on any atom is 0.170 e. The quantitative estimate of drug-likeness (QED) is 0.461. The van der Waals surface area contributed by atoms with Gasteiger partial charge < -0.3 is 19.9 Å². The first-order valence-corrected chi connectivity index (χ1v) is 11.0. The summed E-state index contributed by atoms with van der Waals surface area (Å²) in [7, 11) is 1.65. The highest BCUT2D eigenvalue weighted by atomic mass is 33.1. The molecule has 8 heteroatoms. The van der Waals surface area contributed by atoms with Gasteiger partial charge in [-0.2, -0.15) is 0 Å². The van der Waals surface area contributed by atoms with Crippen LogP contribution in [-0.2, 0) is 4.52 Å². The highest BCUT2D eigenvalue weighted by Crippen LogP contribution is 2.66. The molecule has 1 fully saturated rings. The molecule has 0 aromatic heterocycles. The number of benzene rings is 1. The molecule has 0 saturated carbocycles. The van der Waals surface area contributed by atoms with Crippen molar-refractivity contribution in [2.75, 3.05) is 37.1 Å². The summed E-state index contributed by atoms with van der Waals surface area (Å²) >= 11 is 9.08. The Morgan fingerprint density at radius 2 is 2.00 bits per heavy atom. The van der Waals surface area contributed by atoms with Gasteiger partial charge in [-0.1, -0.05) is 22.8 Å². The Bertz CT molecular complexity index is 427. The van der Waals surface area contributed by atoms with Crippen LogP contribution < -0.4 is 15.4 Å². The van der Waals surface area contributed by atoms with E-state index in [9.17, 15) is 0 Å². The van der Waals surface area contributed by atoms with E-state index < -0.39 is 0 Å². The molecule has 0 bridgehead atoms. The number of ether oxygens (including phenoxy) is 1. The van der Waals surface area contributed by atoms with Crippen molar-refractivity contribution >= 4 is 52.3 Å². The molecular formula is C12H17N2O2PS3. The molecule has 1 aromatic rings. The fourth-order valence-corrected chi connectivity index (χ4v) is 8.41. The lowest BCUT2D eigenvalue weighted by atomic mass is 10.3. The van der Waals surface area contributed by atoms with Gasteiger partial charge in [0.05, 0.1) is 13.7 Å². The molecule has 0 unspecified atom stereocenters. The number of anilines is 1. The van der Waals surface area contributed by atoms with Crippen molar-refractivity contribution in [2.24, 2.45) is 0 Å². The van der Waals surface area contributed by atoms with Crippen molar-refractivity contribution in [3.8, 4) is 5.75 Å². The molecule has 20 heavy (non-hydrogen) atoms. The minimum absolute atomic E-state index is 0.314. The normalized spacial score (nSPS) is 15.1. The molecule has 4 nitrogen and oxygen atoms in total. The highest BCUT2D eigenvalue weighted by molar-refractivity contribution is 8.88. The summed E-state index contributed by atoms with van der Waals surface area (Å²) in [5, 5.41) is 6.87. The summed E-state index contributed by atoms with van der Waals surface area (Å²) in [5.41, 5.74) is 0.940. The maximum atomic E-state index is 5.76. The second-order valence-electron chi connectivity index (χ2n) is 3.83. The van der Waals surface area contributed by atoms with E-state index in [1.807, 2.05) is 47.0 Å². The smallest absolute Gasteiger partial charge is 0.170 e. The number of rotatable bonds is 6. The van der Waals surface area contributed by atoms with Crippen LogP contribution in [-0.4, -0.2) is 36.9 Å². The van der Waals surface area contributed by atoms with Crippen LogP contribution in [0.2, 0.25) is 0 Å². The SMILES string of the molecule is COc1ccc(NC(=S)NCCOP2SCCS2)cc1. The number of methoxy groups -OCH3 is 1. The molecule has 1 heterocycles. The van der Waals surface area contributed by atoms with Crippen molar-refractivity contribution < 1.29 is 9.26 Å². The number of hydrogen-bond donors (Lipinski definition) is 2. The van der Waals surface area contributed by atoms with Crippen LogP contribution in [0.5, 0.6) is 5.75 Å². The second-order valence-corrected chi connectivity index (χ2v) is 10.5. The first-order chi connectivity index (χ1) is 9.78. The predicted octanol–water partition coefficient (Wildman–Crippen LogP) is 3.71. The fourth-order valence-electron chi connectivity index (χ4n) is 1.47. The summed E-state index contributed by atoms with van der Waals surface area (Å²) < 4.78 is 10.9. The monoisotopic (exact) mass is 348 g/mol. The van der Waals surface area contributed by atoms with Gasteiger partial charge in [0.25, 0.3) is 0 Å². The van der Waals surface area contributed by atoms with Gasteiger partial charge in [0.2, 0.25) is 0 Å². The summed E-state index contributed by atoms with van der Waals surface area (Å²) in [6.07, 6.45) is 0. The lowest BCUT2D eigenvalue weighted by Gasteiger charge is -2.12. The molecule has 1 aliphatic heterocycles. The van der Waals surface area contributed by atoms with Crippen molar-refractivity contribution in [3.63, 3.8) is 0 Å². The molecule has 110 valence electrons. The average molecular weight is 348 g/mol. The van der Waals surface area contributed by atoms with E-state index in [0.29, 0.717) is 11.7 Å². The number of thiocarbonyl (C=S) groups is 1. The molecule has 1 aliphatic rings. The minimum Gasteiger partial charge on any atom is -0.497 e. The fraction of sp³-hybridized carbons (Fsp3) is 0.417. The van der Waals surface area contributed by atoms with Crippen molar-refractivity contribution in [1.82, 2.24) is 5.32 Å². The Labute approximate surface area is 134 Å². The van der Waals surface area contributed by atoms with Crippen LogP contribution in [0.1, 0.15) is 0 Å². The zero-order valence-electron chi connectivity index (χ0n) is 11.1. The third kappa shape index (κ3) is 5.66. The van der Waals surface area contributed by atoms with Crippen LogP contribution in [0.15, 0.2) is 24.3 Å². The first-order valence-electron chi connectivity index (χ1n) is 6.16. The summed E-state index contributed by atoms with van der Waals surface area (Å²) in [6.45, 7) is 1.10. The Hall–Kier alpha value is -0.200. The van der Waals surface area contributed by atoms with Gasteiger partial charge in [-0.05, 0) is 36.5 Å². The topological polar surface area (TPSA) is 42.5 Å². The molecule has 0 aliphatic carbocycles. The first kappa shape index (κ1) is 16.2. The van der Waals surface area contributed by atoms with E-state index in [0.717, 1.165) is 18.0 Å². The molecule has 0 spiro atoms. The van der Waals surface area contributed by atoms with Gasteiger partial charge >= 0.3 is 0 Å². The second kappa shape index (κ2) is 8.95. The van der Waals surface area contributed by atoms with Crippen LogP contribution in [0.4, 0.5) is 5.69 Å². The Balaban J connectivity index is 1.61. The Morgan fingerprint density at radius 1 is 1.30 bits per heavy atom. The molecule has 1 aromatic carbocycles. The standard InChI is InChI=1S/C12H17N2O2PS3/c1-15-11-4-2-10(3-5-11)14-12(18)13-6-7-16-17-19-8-9-20-17/h2-5H,6-9H2,1H3,(H2,13,14,18). The molecule has 2 N–H and O–H groups in total. The van der Waals surface area contributed by atoms with Gasteiger partial charge in [0, 0.05) is 23.7 Å². The third-order valence-corrected chi connectivity index (χ3v) is 9.39. The molecule has 2 rings (SSSR count). The van der Waals surface area contributed by atoms with E-state index in [1.165, 1.54) is 11.5 Å². The molecule has 0 amide bonds. The molecule has 1 saturated heterocycles. The number of nitrogens with one attached hydrogen (secondary N) is 2. The molecule has 0 atom stereocenters. The van der Waals surface area contributed by atoms with Gasteiger partial charge in [0.15, 0.2) is 11.7 Å². The Morgan fingerprint density at radius 3 is 2.65 bits per heavy atom. The Kier molecular flexibility index (Phi) is 7.24. The minimum atomic E-state index is -0.314. The van der Waals surface area contributed by atoms with E-state index in [4.69, 9.17) is 21.5 Å². The lowest BCUT2D eigenvalue weighted by molar-refractivity contribution is 0.372. The van der Waals surface area contributed by atoms with Gasteiger partial charge in [-0.25, -0.2) is 0 Å². The van der Waals surface area contributed by atoms with E-state index >= 15 is 0 Å². The van der Waals surface area contributed by atoms with E-state index in [2.05, 4.69) is 10.6 Å². The van der Waals surface area contributed by atoms with Crippen molar-refractivity contribution in [1.29, 1.82) is 0 Å². The maximum absolute atomic E-state index is 5.76. The average Bonchev–Trinajstić information content (AvgIpc) is 2.98. The highest BCUT2D eigenvalue weighted by Gasteiger charge is 2.16. The van der Waals surface area contributed by atoms with E-state index in [1.54, 1.807) is 7.11 Å². The molecule has 0 radical (unpaired) electrons. The van der Waals surface area contributed by atoms with Crippen LogP contribution in [0, 0.1) is 0 Å². The summed E-state index contributed by atoms with van der Waals surface area (Å²) in [4.78, 5) is 0. The predicted molar refractivity (Wildman–Crippen MR) is 95.0 cm³/mol. The third-order valence-electron chi connectivity index (χ3n) is 2.41. The summed E-state index contributed by atoms with van der Waals surface area (Å²) in [6, 6.07) is 7.65. The van der Waals surface area contributed by atoms with Gasteiger partial charge in [-0.3, -0.25) is 0 Å². The van der Waals surface area contributed by atoms with Crippen LogP contribution >= 0.6 is 41.5 Å². The number of hydrogen-bond acceptors (Lipinski definition) is 5. The van der Waals surface area contributed by atoms with E-state index in [-0.39, 0.29) is 6.55 Å².